The van der Waals surface area contributed by atoms with Crippen molar-refractivity contribution in [3.63, 3.8) is 0 Å². The van der Waals surface area contributed by atoms with Crippen molar-refractivity contribution in [2.45, 2.75) is 11.8 Å². The SMILES string of the molecule is CC(O)=CC(N)=NS(=O)(=O)c1ccc(N)cc1. The zero-order chi connectivity index (χ0) is 13.1. The molecule has 1 aromatic rings. The van der Waals surface area contributed by atoms with E-state index in [4.69, 9.17) is 16.6 Å². The second-order valence-corrected chi connectivity index (χ2v) is 4.95. The van der Waals surface area contributed by atoms with Crippen LogP contribution >= 0.6 is 0 Å². The molecule has 0 aromatic heterocycles. The van der Waals surface area contributed by atoms with Crippen LogP contribution < -0.4 is 11.5 Å². The first-order valence-corrected chi connectivity index (χ1v) is 6.08. The third kappa shape index (κ3) is 3.80. The van der Waals surface area contributed by atoms with Crippen LogP contribution in [0.5, 0.6) is 0 Å². The minimum absolute atomic E-state index is 0.0151. The highest BCUT2D eigenvalue weighted by molar-refractivity contribution is 7.90. The van der Waals surface area contributed by atoms with Crippen LogP contribution in [0.2, 0.25) is 0 Å². The minimum atomic E-state index is -3.87. The Balaban J connectivity index is 3.13. The molecule has 0 heterocycles. The predicted octanol–water partition coefficient (Wildman–Crippen LogP) is 0.777. The molecule has 1 aromatic carbocycles. The molecule has 5 N–H and O–H groups in total. The van der Waals surface area contributed by atoms with Gasteiger partial charge in [-0.25, -0.2) is 0 Å². The van der Waals surface area contributed by atoms with E-state index in [0.29, 0.717) is 5.69 Å². The fourth-order valence-corrected chi connectivity index (χ4v) is 1.99. The van der Waals surface area contributed by atoms with Crippen LogP contribution in [0.1, 0.15) is 6.92 Å². The van der Waals surface area contributed by atoms with E-state index in [1.165, 1.54) is 31.2 Å². The van der Waals surface area contributed by atoms with Crippen LogP contribution in [0.4, 0.5) is 5.69 Å². The van der Waals surface area contributed by atoms with Crippen molar-refractivity contribution < 1.29 is 13.5 Å². The highest BCUT2D eigenvalue weighted by Gasteiger charge is 2.12. The Kier molecular flexibility index (Phi) is 3.74. The molecule has 6 nitrogen and oxygen atoms in total. The molecule has 0 atom stereocenters. The number of aliphatic hydroxyl groups is 1. The van der Waals surface area contributed by atoms with E-state index in [2.05, 4.69) is 4.40 Å². The van der Waals surface area contributed by atoms with Gasteiger partial charge in [0.05, 0.1) is 10.7 Å². The average Bonchev–Trinajstić information content (AvgIpc) is 2.15. The normalized spacial score (nSPS) is 13.7. The summed E-state index contributed by atoms with van der Waals surface area (Å²) in [7, 11) is -3.87. The maximum Gasteiger partial charge on any atom is 0.284 e. The van der Waals surface area contributed by atoms with Gasteiger partial charge in [0.2, 0.25) is 0 Å². The summed E-state index contributed by atoms with van der Waals surface area (Å²) in [4.78, 5) is -0.0151. The number of nitrogen functional groups attached to an aromatic ring is 1. The number of amidine groups is 1. The van der Waals surface area contributed by atoms with Crippen LogP contribution in [0.15, 0.2) is 45.4 Å². The molecule has 1 rings (SSSR count). The highest BCUT2D eigenvalue weighted by atomic mass is 32.2. The summed E-state index contributed by atoms with van der Waals surface area (Å²) in [6.07, 6.45) is 1.05. The molecule has 0 spiro atoms. The number of rotatable bonds is 3. The molecule has 0 aliphatic rings. The van der Waals surface area contributed by atoms with Gasteiger partial charge in [-0.3, -0.25) is 0 Å². The lowest BCUT2D eigenvalue weighted by atomic mass is 10.3. The topological polar surface area (TPSA) is 119 Å². The van der Waals surface area contributed by atoms with E-state index < -0.39 is 10.0 Å². The Morgan fingerprint density at radius 1 is 1.35 bits per heavy atom. The molecule has 17 heavy (non-hydrogen) atoms. The summed E-state index contributed by atoms with van der Waals surface area (Å²) < 4.78 is 26.8. The third-order valence-corrected chi connectivity index (χ3v) is 3.08. The molecular weight excluding hydrogens is 242 g/mol. The molecule has 0 bridgehead atoms. The van der Waals surface area contributed by atoms with Gasteiger partial charge in [0.25, 0.3) is 10.0 Å². The van der Waals surface area contributed by atoms with Crippen molar-refractivity contribution >= 4 is 21.5 Å². The smallest absolute Gasteiger partial charge is 0.284 e. The maximum absolute atomic E-state index is 11.7. The van der Waals surface area contributed by atoms with Crippen molar-refractivity contribution in [1.29, 1.82) is 0 Å². The molecular formula is C10H13N3O3S. The Morgan fingerprint density at radius 2 is 1.88 bits per heavy atom. The molecule has 0 radical (unpaired) electrons. The largest absolute Gasteiger partial charge is 0.512 e. The first-order valence-electron chi connectivity index (χ1n) is 4.64. The summed E-state index contributed by atoms with van der Waals surface area (Å²) in [6.45, 7) is 1.36. The molecule has 0 saturated carbocycles. The summed E-state index contributed by atoms with van der Waals surface area (Å²) in [6, 6.07) is 5.56. The van der Waals surface area contributed by atoms with Crippen LogP contribution in [0, 0.1) is 0 Å². The van der Waals surface area contributed by atoms with Gasteiger partial charge in [-0.15, -0.1) is 4.40 Å². The van der Waals surface area contributed by atoms with E-state index in [0.717, 1.165) is 6.08 Å². The monoisotopic (exact) mass is 255 g/mol. The third-order valence-electron chi connectivity index (χ3n) is 1.76. The first kappa shape index (κ1) is 13.0. The second kappa shape index (κ2) is 4.88. The standard InChI is InChI=1S/C10H13N3O3S/c1-7(14)6-10(12)13-17(15,16)9-4-2-8(11)3-5-9/h2-6,14H,11H2,1H3,(H2,12,13). The van der Waals surface area contributed by atoms with Gasteiger partial charge in [0.15, 0.2) is 0 Å². The summed E-state index contributed by atoms with van der Waals surface area (Å²) in [5.74, 6) is -0.416. The number of anilines is 1. The fraction of sp³-hybridized carbons (Fsp3) is 0.100. The Labute approximate surface area is 99.3 Å². The molecule has 0 unspecified atom stereocenters. The van der Waals surface area contributed by atoms with Gasteiger partial charge in [-0.05, 0) is 31.2 Å². The predicted molar refractivity (Wildman–Crippen MR) is 66.0 cm³/mol. The van der Waals surface area contributed by atoms with Gasteiger partial charge in [0.1, 0.15) is 5.84 Å². The second-order valence-electron chi connectivity index (χ2n) is 3.35. The lowest BCUT2D eigenvalue weighted by Gasteiger charge is -2.00. The summed E-state index contributed by atoms with van der Waals surface area (Å²) in [5.41, 5.74) is 11.2. The highest BCUT2D eigenvalue weighted by Crippen LogP contribution is 2.14. The van der Waals surface area contributed by atoms with E-state index in [1.54, 1.807) is 0 Å². The van der Waals surface area contributed by atoms with Crippen molar-refractivity contribution in [3.05, 3.63) is 36.1 Å². The van der Waals surface area contributed by atoms with Crippen LogP contribution in [-0.2, 0) is 10.0 Å². The Bertz CT molecular complexity index is 555. The number of hydrogen-bond donors (Lipinski definition) is 3. The van der Waals surface area contributed by atoms with Gasteiger partial charge in [-0.2, -0.15) is 8.42 Å². The lowest BCUT2D eigenvalue weighted by Crippen LogP contribution is -2.12. The van der Waals surface area contributed by atoms with Crippen molar-refractivity contribution in [1.82, 2.24) is 0 Å². The van der Waals surface area contributed by atoms with Crippen molar-refractivity contribution in [2.24, 2.45) is 10.1 Å². The number of benzene rings is 1. The lowest BCUT2D eigenvalue weighted by molar-refractivity contribution is 0.415. The molecule has 0 aliphatic carbocycles. The molecule has 0 saturated heterocycles. The molecule has 0 aliphatic heterocycles. The van der Waals surface area contributed by atoms with Crippen LogP contribution in [-0.4, -0.2) is 19.4 Å². The summed E-state index contributed by atoms with van der Waals surface area (Å²) >= 11 is 0. The van der Waals surface area contributed by atoms with Gasteiger partial charge < -0.3 is 16.6 Å². The van der Waals surface area contributed by atoms with Crippen molar-refractivity contribution in [3.8, 4) is 0 Å². The van der Waals surface area contributed by atoms with E-state index in [9.17, 15) is 8.42 Å². The van der Waals surface area contributed by atoms with Gasteiger partial charge in [-0.1, -0.05) is 0 Å². The van der Waals surface area contributed by atoms with Gasteiger partial charge in [0, 0.05) is 11.8 Å². The maximum atomic E-state index is 11.7. The minimum Gasteiger partial charge on any atom is -0.512 e. The fourth-order valence-electron chi connectivity index (χ4n) is 1.07. The number of nitrogens with two attached hydrogens (primary N) is 2. The Morgan fingerprint density at radius 3 is 2.35 bits per heavy atom. The number of hydrogen-bond acceptors (Lipinski definition) is 4. The zero-order valence-electron chi connectivity index (χ0n) is 9.16. The number of allylic oxidation sites excluding steroid dienone is 1. The average molecular weight is 255 g/mol. The molecule has 7 heteroatoms. The Hall–Kier alpha value is -2.02. The van der Waals surface area contributed by atoms with Crippen molar-refractivity contribution in [2.75, 3.05) is 5.73 Å². The summed E-state index contributed by atoms with van der Waals surface area (Å²) in [5, 5.41) is 8.92. The quantitative estimate of drug-likeness (QED) is 0.319. The van der Waals surface area contributed by atoms with E-state index in [-0.39, 0.29) is 16.5 Å². The van der Waals surface area contributed by atoms with Crippen LogP contribution in [0.3, 0.4) is 0 Å². The van der Waals surface area contributed by atoms with E-state index >= 15 is 0 Å². The molecule has 0 amide bonds. The van der Waals surface area contributed by atoms with Gasteiger partial charge >= 0.3 is 0 Å². The molecule has 0 fully saturated rings. The van der Waals surface area contributed by atoms with E-state index in [1.807, 2.05) is 0 Å². The first-order chi connectivity index (χ1) is 7.81. The zero-order valence-corrected chi connectivity index (χ0v) is 9.98. The number of nitrogens with zero attached hydrogens (tertiary/aromatic N) is 1. The molecule has 92 valence electrons. The number of sulfonamides is 1. The number of aliphatic hydroxyl groups excluding tert-OH is 1. The van der Waals surface area contributed by atoms with Crippen LogP contribution in [0.25, 0.3) is 0 Å².